The lowest BCUT2D eigenvalue weighted by molar-refractivity contribution is -0.0320. The summed E-state index contributed by atoms with van der Waals surface area (Å²) in [6, 6.07) is 0. The summed E-state index contributed by atoms with van der Waals surface area (Å²) in [5.74, 6) is 0. The minimum atomic E-state index is 0.118. The van der Waals surface area contributed by atoms with Gasteiger partial charge >= 0.3 is 0 Å². The maximum absolute atomic E-state index is 5.37. The second kappa shape index (κ2) is 26.0. The molecule has 1 unspecified atom stereocenters. The molecular weight excluding hydrogens is 244 g/mol. The van der Waals surface area contributed by atoms with E-state index in [4.69, 9.17) is 18.9 Å². The van der Waals surface area contributed by atoms with Crippen LogP contribution in [0.1, 0.15) is 20.8 Å². The second-order valence-corrected chi connectivity index (χ2v) is 3.56. The van der Waals surface area contributed by atoms with Gasteiger partial charge in [0.15, 0.2) is 0 Å². The molecule has 0 aliphatic carbocycles. The quantitative estimate of drug-likeness (QED) is 0.479. The first-order valence-corrected chi connectivity index (χ1v) is 6.45. The first kappa shape index (κ1) is 23.4. The first-order valence-electron chi connectivity index (χ1n) is 6.45. The van der Waals surface area contributed by atoms with Crippen LogP contribution in [0.25, 0.3) is 0 Å². The molecule has 0 saturated carbocycles. The molecule has 1 atom stereocenters. The number of hydrogen-bond donors (Lipinski definition) is 0. The van der Waals surface area contributed by atoms with Gasteiger partial charge in [0.25, 0.3) is 0 Å². The zero-order valence-electron chi connectivity index (χ0n) is 13.3. The summed E-state index contributed by atoms with van der Waals surface area (Å²) in [6.07, 6.45) is 3.62. The van der Waals surface area contributed by atoms with E-state index in [1.54, 1.807) is 26.4 Å². The predicted octanol–water partition coefficient (Wildman–Crippen LogP) is 3.09. The van der Waals surface area contributed by atoms with Crippen molar-refractivity contribution in [3.63, 3.8) is 0 Å². The Morgan fingerprint density at radius 3 is 1.74 bits per heavy atom. The molecule has 0 saturated heterocycles. The molecule has 0 bridgehead atoms. The van der Waals surface area contributed by atoms with Gasteiger partial charge in [-0.2, -0.15) is 0 Å². The Hall–Kier alpha value is -0.680. The Labute approximate surface area is 119 Å². The van der Waals surface area contributed by atoms with E-state index in [1.807, 2.05) is 20.8 Å². The Morgan fingerprint density at radius 1 is 0.895 bits per heavy atom. The molecule has 0 amide bonds. The van der Waals surface area contributed by atoms with Crippen molar-refractivity contribution >= 4 is 0 Å². The van der Waals surface area contributed by atoms with Gasteiger partial charge in [-0.1, -0.05) is 12.2 Å². The molecule has 0 aromatic heterocycles. The average molecular weight is 276 g/mol. The van der Waals surface area contributed by atoms with Gasteiger partial charge in [0.1, 0.15) is 0 Å². The molecule has 0 N–H and O–H groups in total. The zero-order chi connectivity index (χ0) is 15.4. The fourth-order valence-corrected chi connectivity index (χ4v) is 0.772. The molecule has 0 heterocycles. The van der Waals surface area contributed by atoms with Crippen LogP contribution in [0.15, 0.2) is 25.3 Å². The van der Waals surface area contributed by atoms with Gasteiger partial charge in [-0.05, 0) is 20.8 Å². The van der Waals surface area contributed by atoms with E-state index in [1.165, 1.54) is 0 Å². The van der Waals surface area contributed by atoms with Crippen LogP contribution in [0.5, 0.6) is 0 Å². The van der Waals surface area contributed by atoms with Crippen molar-refractivity contribution in [3.8, 4) is 0 Å². The minimum Gasteiger partial charge on any atom is -0.382 e. The number of rotatable bonds is 9. The van der Waals surface area contributed by atoms with Crippen molar-refractivity contribution in [1.82, 2.24) is 0 Å². The summed E-state index contributed by atoms with van der Waals surface area (Å²) in [5, 5.41) is 0. The van der Waals surface area contributed by atoms with E-state index >= 15 is 0 Å². The summed E-state index contributed by atoms with van der Waals surface area (Å²) in [5.41, 5.74) is 0. The van der Waals surface area contributed by atoms with Crippen LogP contribution in [-0.2, 0) is 18.9 Å². The highest BCUT2D eigenvalue weighted by molar-refractivity contribution is 4.52. The Bertz CT molecular complexity index is 154. The van der Waals surface area contributed by atoms with E-state index in [9.17, 15) is 0 Å². The maximum atomic E-state index is 5.37. The monoisotopic (exact) mass is 276 g/mol. The molecule has 0 aliphatic heterocycles. The van der Waals surface area contributed by atoms with Crippen LogP contribution in [0.2, 0.25) is 0 Å². The standard InChI is InChI=1S/C9H20O4.2C3H6/c1-9(13-7-5-11-3)8-12-6-4-10-2;2*1-3-2/h9H,4-8H2,1-3H3;2*3H,1H2,2H3. The Morgan fingerprint density at radius 2 is 1.32 bits per heavy atom. The molecule has 0 rings (SSSR count). The number of ether oxygens (including phenoxy) is 4. The maximum Gasteiger partial charge on any atom is 0.0781 e. The molecule has 0 aliphatic rings. The lowest BCUT2D eigenvalue weighted by atomic mass is 10.4. The van der Waals surface area contributed by atoms with Crippen LogP contribution < -0.4 is 0 Å². The number of hydrogen-bond acceptors (Lipinski definition) is 4. The molecule has 116 valence electrons. The third-order valence-corrected chi connectivity index (χ3v) is 1.47. The zero-order valence-corrected chi connectivity index (χ0v) is 13.3. The van der Waals surface area contributed by atoms with Gasteiger partial charge < -0.3 is 18.9 Å². The van der Waals surface area contributed by atoms with Gasteiger partial charge in [-0.3, -0.25) is 0 Å². The van der Waals surface area contributed by atoms with Crippen molar-refractivity contribution < 1.29 is 18.9 Å². The summed E-state index contributed by atoms with van der Waals surface area (Å²) in [6.45, 7) is 15.6. The summed E-state index contributed by atoms with van der Waals surface area (Å²) in [7, 11) is 3.31. The van der Waals surface area contributed by atoms with Gasteiger partial charge in [0, 0.05) is 14.2 Å². The molecule has 0 aromatic rings. The summed E-state index contributed by atoms with van der Waals surface area (Å²) < 4.78 is 20.3. The average Bonchev–Trinajstić information content (AvgIpc) is 2.37. The Kier molecular flexibility index (Phi) is 32.0. The molecule has 0 fully saturated rings. The van der Waals surface area contributed by atoms with Crippen molar-refractivity contribution in [2.45, 2.75) is 26.9 Å². The lowest BCUT2D eigenvalue weighted by Gasteiger charge is -2.12. The highest BCUT2D eigenvalue weighted by Crippen LogP contribution is 1.91. The SMILES string of the molecule is C=CC.C=CC.COCCOCC(C)OCCOC. The van der Waals surface area contributed by atoms with E-state index in [2.05, 4.69) is 13.2 Å². The van der Waals surface area contributed by atoms with Gasteiger partial charge in [-0.25, -0.2) is 0 Å². The van der Waals surface area contributed by atoms with Gasteiger partial charge in [0.2, 0.25) is 0 Å². The van der Waals surface area contributed by atoms with Gasteiger partial charge in [0.05, 0.1) is 39.1 Å². The van der Waals surface area contributed by atoms with Crippen LogP contribution in [0.4, 0.5) is 0 Å². The van der Waals surface area contributed by atoms with Crippen LogP contribution in [-0.4, -0.2) is 53.4 Å². The van der Waals surface area contributed by atoms with Crippen molar-refractivity contribution in [1.29, 1.82) is 0 Å². The minimum absolute atomic E-state index is 0.118. The highest BCUT2D eigenvalue weighted by Gasteiger charge is 2.00. The third-order valence-electron chi connectivity index (χ3n) is 1.47. The molecule has 0 radical (unpaired) electrons. The Balaban J connectivity index is -0.000000360. The third kappa shape index (κ3) is 38.2. The predicted molar refractivity (Wildman–Crippen MR) is 81.7 cm³/mol. The highest BCUT2D eigenvalue weighted by atomic mass is 16.6. The molecule has 0 spiro atoms. The largest absolute Gasteiger partial charge is 0.382 e. The molecular formula is C15H32O4. The number of allylic oxidation sites excluding steroid dienone is 2. The molecule has 4 nitrogen and oxygen atoms in total. The molecule has 19 heavy (non-hydrogen) atoms. The smallest absolute Gasteiger partial charge is 0.0781 e. The fourth-order valence-electron chi connectivity index (χ4n) is 0.772. The number of methoxy groups -OCH3 is 2. The van der Waals surface area contributed by atoms with Crippen LogP contribution in [0.3, 0.4) is 0 Å². The second-order valence-electron chi connectivity index (χ2n) is 3.56. The summed E-state index contributed by atoms with van der Waals surface area (Å²) in [4.78, 5) is 0. The van der Waals surface area contributed by atoms with E-state index in [0.717, 1.165) is 0 Å². The van der Waals surface area contributed by atoms with Crippen LogP contribution in [0, 0.1) is 0 Å². The topological polar surface area (TPSA) is 36.9 Å². The molecule has 0 aromatic carbocycles. The van der Waals surface area contributed by atoms with Crippen molar-refractivity contribution in [3.05, 3.63) is 25.3 Å². The first-order chi connectivity index (χ1) is 9.14. The van der Waals surface area contributed by atoms with Crippen molar-refractivity contribution in [2.24, 2.45) is 0 Å². The van der Waals surface area contributed by atoms with E-state index < -0.39 is 0 Å². The van der Waals surface area contributed by atoms with E-state index in [-0.39, 0.29) is 6.10 Å². The summed E-state index contributed by atoms with van der Waals surface area (Å²) >= 11 is 0. The van der Waals surface area contributed by atoms with Gasteiger partial charge in [-0.15, -0.1) is 13.2 Å². The van der Waals surface area contributed by atoms with E-state index in [0.29, 0.717) is 33.0 Å². The van der Waals surface area contributed by atoms with Crippen molar-refractivity contribution in [2.75, 3.05) is 47.3 Å². The van der Waals surface area contributed by atoms with Crippen LogP contribution >= 0.6 is 0 Å². The fraction of sp³-hybridized carbons (Fsp3) is 0.733. The molecule has 4 heteroatoms. The lowest BCUT2D eigenvalue weighted by Crippen LogP contribution is -2.19. The normalized spacial score (nSPS) is 10.4.